The van der Waals surface area contributed by atoms with Gasteiger partial charge in [-0.2, -0.15) is 0 Å². The Balaban J connectivity index is 1.45. The van der Waals surface area contributed by atoms with Crippen molar-refractivity contribution in [3.05, 3.63) is 77.2 Å². The Morgan fingerprint density at radius 1 is 0.966 bits per heavy atom. The molecule has 2 aromatic carbocycles. The SMILES string of the molecule is Cc1[nH]c2c(F)ccc(C)c2c1CCNc1cc(Nc2ccc(F)cc2)ncn1. The Labute approximate surface area is 167 Å². The van der Waals surface area contributed by atoms with E-state index in [0.717, 1.165) is 34.3 Å². The van der Waals surface area contributed by atoms with Crippen LogP contribution in [0.4, 0.5) is 26.1 Å². The topological polar surface area (TPSA) is 65.6 Å². The zero-order valence-electron chi connectivity index (χ0n) is 16.2. The fourth-order valence-corrected chi connectivity index (χ4v) is 3.47. The second-order valence-electron chi connectivity index (χ2n) is 6.94. The number of fused-ring (bicyclic) bond motifs is 1. The third-order valence-corrected chi connectivity index (χ3v) is 4.89. The van der Waals surface area contributed by atoms with Crippen LogP contribution in [0.2, 0.25) is 0 Å². The number of aromatic nitrogens is 3. The smallest absolute Gasteiger partial charge is 0.147 e. The predicted molar refractivity (Wildman–Crippen MR) is 112 cm³/mol. The summed E-state index contributed by atoms with van der Waals surface area (Å²) in [6.45, 7) is 4.59. The van der Waals surface area contributed by atoms with Gasteiger partial charge in [0.05, 0.1) is 5.52 Å². The lowest BCUT2D eigenvalue weighted by atomic mass is 10.0. The van der Waals surface area contributed by atoms with E-state index in [1.807, 2.05) is 13.8 Å². The fourth-order valence-electron chi connectivity index (χ4n) is 3.47. The number of benzene rings is 2. The number of nitrogens with zero attached hydrogens (tertiary/aromatic N) is 2. The van der Waals surface area contributed by atoms with E-state index in [9.17, 15) is 8.78 Å². The van der Waals surface area contributed by atoms with Crippen LogP contribution in [0.1, 0.15) is 16.8 Å². The molecule has 0 aliphatic heterocycles. The number of H-pyrrole nitrogens is 1. The minimum absolute atomic E-state index is 0.236. The molecule has 0 amide bonds. The molecule has 0 unspecified atom stereocenters. The van der Waals surface area contributed by atoms with Crippen LogP contribution in [-0.2, 0) is 6.42 Å². The highest BCUT2D eigenvalue weighted by Crippen LogP contribution is 2.28. The molecule has 5 nitrogen and oxygen atoms in total. The molecule has 0 saturated carbocycles. The Kier molecular flexibility index (Phi) is 5.12. The minimum Gasteiger partial charge on any atom is -0.370 e. The Morgan fingerprint density at radius 2 is 1.72 bits per heavy atom. The number of halogens is 2. The third kappa shape index (κ3) is 4.03. The van der Waals surface area contributed by atoms with Crippen molar-refractivity contribution < 1.29 is 8.78 Å². The summed E-state index contributed by atoms with van der Waals surface area (Å²) in [4.78, 5) is 11.6. The number of rotatable bonds is 6. The number of hydrogen-bond donors (Lipinski definition) is 3. The largest absolute Gasteiger partial charge is 0.370 e. The van der Waals surface area contributed by atoms with E-state index < -0.39 is 0 Å². The molecule has 0 saturated heterocycles. The Bertz CT molecular complexity index is 1150. The highest BCUT2D eigenvalue weighted by molar-refractivity contribution is 5.88. The standard InChI is InChI=1S/C22H21F2N5/c1-13-3-8-18(24)22-21(13)17(14(2)28-22)9-10-25-19-11-20(27-12-26-19)29-16-6-4-15(23)5-7-16/h3-8,11-12,28H,9-10H2,1-2H3,(H2,25,26,27,29). The van der Waals surface area contributed by atoms with Crippen LogP contribution < -0.4 is 10.6 Å². The summed E-state index contributed by atoms with van der Waals surface area (Å²) < 4.78 is 27.1. The summed E-state index contributed by atoms with van der Waals surface area (Å²) in [6.07, 6.45) is 2.19. The van der Waals surface area contributed by atoms with Crippen LogP contribution in [0.5, 0.6) is 0 Å². The molecule has 0 aliphatic carbocycles. The van der Waals surface area contributed by atoms with Crippen LogP contribution in [-0.4, -0.2) is 21.5 Å². The summed E-state index contributed by atoms with van der Waals surface area (Å²) in [7, 11) is 0. The molecule has 148 valence electrons. The van der Waals surface area contributed by atoms with Crippen molar-refractivity contribution in [2.24, 2.45) is 0 Å². The summed E-state index contributed by atoms with van der Waals surface area (Å²) in [5.74, 6) is 0.754. The molecule has 0 atom stereocenters. The first kappa shape index (κ1) is 18.9. The summed E-state index contributed by atoms with van der Waals surface area (Å²) in [5.41, 5.74) is 4.42. The van der Waals surface area contributed by atoms with Crippen molar-refractivity contribution in [3.63, 3.8) is 0 Å². The van der Waals surface area contributed by atoms with E-state index in [1.54, 1.807) is 24.3 Å². The van der Waals surface area contributed by atoms with Gasteiger partial charge in [-0.1, -0.05) is 6.07 Å². The number of hydrogen-bond acceptors (Lipinski definition) is 4. The number of nitrogens with one attached hydrogen (secondary N) is 3. The molecule has 4 rings (SSSR count). The van der Waals surface area contributed by atoms with Gasteiger partial charge in [0.1, 0.15) is 29.6 Å². The average molecular weight is 393 g/mol. The van der Waals surface area contributed by atoms with Crippen LogP contribution in [0.25, 0.3) is 10.9 Å². The van der Waals surface area contributed by atoms with Crippen molar-refractivity contribution in [1.82, 2.24) is 15.0 Å². The third-order valence-electron chi connectivity index (χ3n) is 4.89. The predicted octanol–water partition coefficient (Wildman–Crippen LogP) is 5.25. The zero-order valence-corrected chi connectivity index (χ0v) is 16.2. The quantitative estimate of drug-likeness (QED) is 0.419. The molecule has 0 aliphatic rings. The van der Waals surface area contributed by atoms with Gasteiger partial charge in [0.25, 0.3) is 0 Å². The molecular weight excluding hydrogens is 372 g/mol. The van der Waals surface area contributed by atoms with Crippen LogP contribution in [0.15, 0.2) is 48.8 Å². The molecule has 29 heavy (non-hydrogen) atoms. The molecule has 3 N–H and O–H groups in total. The first-order valence-corrected chi connectivity index (χ1v) is 9.36. The van der Waals surface area contributed by atoms with Crippen molar-refractivity contribution >= 4 is 28.2 Å². The molecule has 0 spiro atoms. The molecule has 7 heteroatoms. The second-order valence-corrected chi connectivity index (χ2v) is 6.94. The molecule has 2 aromatic heterocycles. The van der Waals surface area contributed by atoms with Crippen molar-refractivity contribution in [2.75, 3.05) is 17.2 Å². The van der Waals surface area contributed by atoms with E-state index in [1.165, 1.54) is 24.5 Å². The van der Waals surface area contributed by atoms with Crippen molar-refractivity contribution in [1.29, 1.82) is 0 Å². The van der Waals surface area contributed by atoms with Gasteiger partial charge >= 0.3 is 0 Å². The van der Waals surface area contributed by atoms with Gasteiger partial charge in [-0.15, -0.1) is 0 Å². The summed E-state index contributed by atoms with van der Waals surface area (Å²) in [5, 5.41) is 7.35. The molecule has 4 aromatic rings. The highest BCUT2D eigenvalue weighted by atomic mass is 19.1. The first-order chi connectivity index (χ1) is 14.0. The summed E-state index contributed by atoms with van der Waals surface area (Å²) in [6, 6.07) is 11.1. The Morgan fingerprint density at radius 3 is 2.52 bits per heavy atom. The van der Waals surface area contributed by atoms with Gasteiger partial charge in [-0.3, -0.25) is 0 Å². The van der Waals surface area contributed by atoms with E-state index in [2.05, 4.69) is 25.6 Å². The lowest BCUT2D eigenvalue weighted by Crippen LogP contribution is -2.08. The minimum atomic E-state index is -0.289. The second kappa shape index (κ2) is 7.87. The molecular formula is C22H21F2N5. The van der Waals surface area contributed by atoms with E-state index in [0.29, 0.717) is 23.7 Å². The average Bonchev–Trinajstić information content (AvgIpc) is 3.05. The number of anilines is 3. The van der Waals surface area contributed by atoms with E-state index in [-0.39, 0.29) is 11.6 Å². The highest BCUT2D eigenvalue weighted by Gasteiger charge is 2.13. The van der Waals surface area contributed by atoms with Gasteiger partial charge in [-0.05, 0) is 61.7 Å². The van der Waals surface area contributed by atoms with Crippen molar-refractivity contribution in [2.45, 2.75) is 20.3 Å². The van der Waals surface area contributed by atoms with Gasteiger partial charge in [-0.25, -0.2) is 18.7 Å². The maximum atomic E-state index is 14.1. The fraction of sp³-hybridized carbons (Fsp3) is 0.182. The van der Waals surface area contributed by atoms with Crippen molar-refractivity contribution in [3.8, 4) is 0 Å². The Hall–Kier alpha value is -3.48. The van der Waals surface area contributed by atoms with Crippen LogP contribution >= 0.6 is 0 Å². The first-order valence-electron chi connectivity index (χ1n) is 9.36. The van der Waals surface area contributed by atoms with Gasteiger partial charge < -0.3 is 15.6 Å². The van der Waals surface area contributed by atoms with Gasteiger partial charge in [0.2, 0.25) is 0 Å². The van der Waals surface area contributed by atoms with Gasteiger partial charge in [0, 0.05) is 29.4 Å². The molecule has 0 radical (unpaired) electrons. The monoisotopic (exact) mass is 393 g/mol. The summed E-state index contributed by atoms with van der Waals surface area (Å²) >= 11 is 0. The lowest BCUT2D eigenvalue weighted by molar-refractivity contribution is 0.628. The zero-order chi connectivity index (χ0) is 20.4. The van der Waals surface area contributed by atoms with Gasteiger partial charge in [0.15, 0.2) is 0 Å². The normalized spacial score (nSPS) is 11.0. The number of aromatic amines is 1. The molecule has 0 bridgehead atoms. The van der Waals surface area contributed by atoms with E-state index in [4.69, 9.17) is 0 Å². The number of aryl methyl sites for hydroxylation is 2. The molecule has 0 fully saturated rings. The van der Waals surface area contributed by atoms with E-state index >= 15 is 0 Å². The maximum absolute atomic E-state index is 14.1. The van der Waals surface area contributed by atoms with Crippen LogP contribution in [0, 0.1) is 25.5 Å². The maximum Gasteiger partial charge on any atom is 0.147 e. The van der Waals surface area contributed by atoms with Crippen LogP contribution in [0.3, 0.4) is 0 Å². The lowest BCUT2D eigenvalue weighted by Gasteiger charge is -2.09. The molecule has 2 heterocycles.